The lowest BCUT2D eigenvalue weighted by atomic mass is 10.4. The van der Waals surface area contributed by atoms with E-state index in [1.54, 1.807) is 18.0 Å². The Balaban J connectivity index is 2.07. The zero-order valence-electron chi connectivity index (χ0n) is 8.23. The van der Waals surface area contributed by atoms with Crippen molar-refractivity contribution in [2.24, 2.45) is 7.05 Å². The molecule has 0 aliphatic heterocycles. The number of fused-ring (bicyclic) bond motifs is 1. The molecule has 0 amide bonds. The highest BCUT2D eigenvalue weighted by atomic mass is 32.2. The van der Waals surface area contributed by atoms with Gasteiger partial charge in [-0.05, 0) is 28.3 Å². The number of tetrazole rings is 1. The standard InChI is InChI=1S/C8H6N6OS/c1-14-8(11-12-13-14)16-7-5-2-3-15-6(5)9-4-10-7/h2-4H,1H3. The van der Waals surface area contributed by atoms with E-state index in [0.717, 1.165) is 10.4 Å². The van der Waals surface area contributed by atoms with Crippen molar-refractivity contribution in [3.63, 3.8) is 0 Å². The number of hydrogen-bond donors (Lipinski definition) is 0. The second-order valence-corrected chi connectivity index (χ2v) is 3.96. The third-order valence-electron chi connectivity index (χ3n) is 1.99. The lowest BCUT2D eigenvalue weighted by molar-refractivity contribution is 0.601. The van der Waals surface area contributed by atoms with Crippen molar-refractivity contribution < 1.29 is 4.42 Å². The Bertz CT molecular complexity index is 632. The summed E-state index contributed by atoms with van der Waals surface area (Å²) in [7, 11) is 1.77. The molecule has 0 saturated heterocycles. The molecule has 3 aromatic rings. The molecule has 0 atom stereocenters. The smallest absolute Gasteiger partial charge is 0.230 e. The zero-order chi connectivity index (χ0) is 11.0. The molecule has 0 N–H and O–H groups in total. The normalized spacial score (nSPS) is 11.1. The highest BCUT2D eigenvalue weighted by molar-refractivity contribution is 7.99. The lowest BCUT2D eigenvalue weighted by Gasteiger charge is -1.98. The van der Waals surface area contributed by atoms with Crippen molar-refractivity contribution in [3.05, 3.63) is 18.7 Å². The van der Waals surface area contributed by atoms with Crippen LogP contribution in [0.2, 0.25) is 0 Å². The van der Waals surface area contributed by atoms with Crippen molar-refractivity contribution in [1.82, 2.24) is 30.2 Å². The third kappa shape index (κ3) is 1.43. The summed E-state index contributed by atoms with van der Waals surface area (Å²) >= 11 is 1.37. The average molecular weight is 234 g/mol. The highest BCUT2D eigenvalue weighted by Gasteiger charge is 2.11. The quantitative estimate of drug-likeness (QED) is 0.609. The Morgan fingerprint density at radius 3 is 3.12 bits per heavy atom. The van der Waals surface area contributed by atoms with Gasteiger partial charge >= 0.3 is 0 Å². The Morgan fingerprint density at radius 2 is 2.31 bits per heavy atom. The van der Waals surface area contributed by atoms with Crippen molar-refractivity contribution in [2.45, 2.75) is 10.2 Å². The van der Waals surface area contributed by atoms with Crippen LogP contribution in [-0.2, 0) is 7.05 Å². The maximum absolute atomic E-state index is 5.19. The molecular weight excluding hydrogens is 228 g/mol. The maximum atomic E-state index is 5.19. The first-order chi connectivity index (χ1) is 7.84. The van der Waals surface area contributed by atoms with Crippen LogP contribution in [0.15, 0.2) is 33.3 Å². The van der Waals surface area contributed by atoms with E-state index in [1.807, 2.05) is 6.07 Å². The second kappa shape index (κ2) is 3.56. The predicted molar refractivity (Wildman–Crippen MR) is 54.7 cm³/mol. The molecular formula is C8H6N6OS. The molecule has 0 spiro atoms. The largest absolute Gasteiger partial charge is 0.446 e. The summed E-state index contributed by atoms with van der Waals surface area (Å²) in [6.07, 6.45) is 3.04. The van der Waals surface area contributed by atoms with Crippen molar-refractivity contribution in [3.8, 4) is 0 Å². The van der Waals surface area contributed by atoms with Crippen LogP contribution in [0.5, 0.6) is 0 Å². The molecule has 80 valence electrons. The van der Waals surface area contributed by atoms with Gasteiger partial charge in [-0.3, -0.25) is 0 Å². The average Bonchev–Trinajstić information content (AvgIpc) is 2.89. The molecule has 3 rings (SSSR count). The number of aromatic nitrogens is 6. The first-order valence-electron chi connectivity index (χ1n) is 4.43. The third-order valence-corrected chi connectivity index (χ3v) is 3.04. The second-order valence-electron chi connectivity index (χ2n) is 3.01. The molecule has 7 nitrogen and oxygen atoms in total. The molecule has 3 aromatic heterocycles. The number of hydrogen-bond acceptors (Lipinski definition) is 7. The summed E-state index contributed by atoms with van der Waals surface area (Å²) in [5.74, 6) is 0. The van der Waals surface area contributed by atoms with E-state index < -0.39 is 0 Å². The summed E-state index contributed by atoms with van der Waals surface area (Å²) < 4.78 is 6.77. The summed E-state index contributed by atoms with van der Waals surface area (Å²) in [4.78, 5) is 8.18. The fourth-order valence-corrected chi connectivity index (χ4v) is 2.03. The van der Waals surface area contributed by atoms with Gasteiger partial charge in [0.05, 0.1) is 11.6 Å². The van der Waals surface area contributed by atoms with Crippen LogP contribution < -0.4 is 0 Å². The van der Waals surface area contributed by atoms with Crippen LogP contribution in [0.3, 0.4) is 0 Å². The zero-order valence-corrected chi connectivity index (χ0v) is 9.05. The lowest BCUT2D eigenvalue weighted by Crippen LogP contribution is -1.93. The van der Waals surface area contributed by atoms with Gasteiger partial charge in [-0.1, -0.05) is 0 Å². The van der Waals surface area contributed by atoms with Gasteiger partial charge in [0.1, 0.15) is 11.4 Å². The first kappa shape index (κ1) is 9.28. The van der Waals surface area contributed by atoms with Crippen LogP contribution in [0.25, 0.3) is 11.1 Å². The first-order valence-corrected chi connectivity index (χ1v) is 5.24. The monoisotopic (exact) mass is 234 g/mol. The fraction of sp³-hybridized carbons (Fsp3) is 0.125. The molecule has 0 aliphatic carbocycles. The van der Waals surface area contributed by atoms with E-state index in [9.17, 15) is 0 Å². The summed E-state index contributed by atoms with van der Waals surface area (Å²) in [5, 5.41) is 13.5. The van der Waals surface area contributed by atoms with Gasteiger partial charge in [0.25, 0.3) is 0 Å². The molecule has 0 bridgehead atoms. The topological polar surface area (TPSA) is 82.5 Å². The van der Waals surface area contributed by atoms with E-state index in [0.29, 0.717) is 10.9 Å². The highest BCUT2D eigenvalue weighted by Crippen LogP contribution is 2.29. The predicted octanol–water partition coefficient (Wildman–Crippen LogP) is 0.897. The number of nitrogens with zero attached hydrogens (tertiary/aromatic N) is 6. The molecule has 8 heteroatoms. The molecule has 0 unspecified atom stereocenters. The minimum Gasteiger partial charge on any atom is -0.446 e. The maximum Gasteiger partial charge on any atom is 0.230 e. The summed E-state index contributed by atoms with van der Waals surface area (Å²) in [6.45, 7) is 0. The van der Waals surface area contributed by atoms with Gasteiger partial charge in [-0.2, -0.15) is 0 Å². The van der Waals surface area contributed by atoms with E-state index in [2.05, 4.69) is 25.5 Å². The minimum atomic E-state index is 0.563. The molecule has 0 fully saturated rings. The Hall–Kier alpha value is -1.96. The Morgan fingerprint density at radius 1 is 1.38 bits per heavy atom. The van der Waals surface area contributed by atoms with Crippen LogP contribution in [0, 0.1) is 0 Å². The fourth-order valence-electron chi connectivity index (χ4n) is 1.24. The number of furan rings is 1. The van der Waals surface area contributed by atoms with Gasteiger partial charge in [0.15, 0.2) is 0 Å². The van der Waals surface area contributed by atoms with Crippen molar-refractivity contribution in [2.75, 3.05) is 0 Å². The number of rotatable bonds is 2. The summed E-state index contributed by atoms with van der Waals surface area (Å²) in [5.41, 5.74) is 0.563. The number of aryl methyl sites for hydroxylation is 1. The van der Waals surface area contributed by atoms with E-state index in [1.165, 1.54) is 18.1 Å². The van der Waals surface area contributed by atoms with Crippen LogP contribution >= 0.6 is 11.8 Å². The van der Waals surface area contributed by atoms with Gasteiger partial charge in [0, 0.05) is 7.05 Å². The van der Waals surface area contributed by atoms with E-state index in [4.69, 9.17) is 4.42 Å². The van der Waals surface area contributed by atoms with Crippen LogP contribution in [0.1, 0.15) is 0 Å². The molecule has 0 aromatic carbocycles. The molecule has 0 saturated carbocycles. The SMILES string of the molecule is Cn1nnnc1Sc1ncnc2occc12. The Kier molecular flexibility index (Phi) is 2.07. The summed E-state index contributed by atoms with van der Waals surface area (Å²) in [6, 6.07) is 1.82. The molecule has 3 heterocycles. The Labute approximate surface area is 93.9 Å². The van der Waals surface area contributed by atoms with Gasteiger partial charge in [-0.15, -0.1) is 5.10 Å². The van der Waals surface area contributed by atoms with Gasteiger partial charge < -0.3 is 4.42 Å². The molecule has 0 radical (unpaired) electrons. The van der Waals surface area contributed by atoms with Gasteiger partial charge in [0.2, 0.25) is 10.9 Å². The van der Waals surface area contributed by atoms with Crippen LogP contribution in [0.4, 0.5) is 0 Å². The van der Waals surface area contributed by atoms with Crippen molar-refractivity contribution >= 4 is 22.9 Å². The molecule has 0 aliphatic rings. The van der Waals surface area contributed by atoms with Crippen LogP contribution in [-0.4, -0.2) is 30.2 Å². The minimum absolute atomic E-state index is 0.563. The van der Waals surface area contributed by atoms with Gasteiger partial charge in [-0.25, -0.2) is 14.6 Å². The van der Waals surface area contributed by atoms with Crippen molar-refractivity contribution in [1.29, 1.82) is 0 Å². The van der Waals surface area contributed by atoms with E-state index >= 15 is 0 Å². The molecule has 16 heavy (non-hydrogen) atoms. The van der Waals surface area contributed by atoms with E-state index in [-0.39, 0.29) is 0 Å².